The standard InChI is InChI=1S/C15H25N5O/c1-11-17-13(15(21)19-12-6-4-5-7-12)10-14(18-11)16-8-9-20(2)3/h10,12H,4-9H2,1-3H3,(H,19,21)(H,16,17,18). The van der Waals surface area contributed by atoms with Crippen molar-refractivity contribution in [3.8, 4) is 0 Å². The molecule has 2 rings (SSSR count). The second kappa shape index (κ2) is 7.36. The largest absolute Gasteiger partial charge is 0.369 e. The van der Waals surface area contributed by atoms with Crippen molar-refractivity contribution in [1.29, 1.82) is 0 Å². The fourth-order valence-corrected chi connectivity index (χ4v) is 2.51. The third-order valence-electron chi connectivity index (χ3n) is 3.63. The summed E-state index contributed by atoms with van der Waals surface area (Å²) in [5.41, 5.74) is 0.446. The van der Waals surface area contributed by atoms with E-state index in [1.54, 1.807) is 6.07 Å². The Morgan fingerprint density at radius 1 is 1.33 bits per heavy atom. The zero-order valence-electron chi connectivity index (χ0n) is 13.1. The summed E-state index contributed by atoms with van der Waals surface area (Å²) < 4.78 is 0. The lowest BCUT2D eigenvalue weighted by Gasteiger charge is -2.13. The monoisotopic (exact) mass is 291 g/mol. The number of aryl methyl sites for hydroxylation is 1. The van der Waals surface area contributed by atoms with Gasteiger partial charge in [0, 0.05) is 25.2 Å². The molecular formula is C15H25N5O. The van der Waals surface area contributed by atoms with E-state index < -0.39 is 0 Å². The van der Waals surface area contributed by atoms with Crippen LogP contribution in [0.3, 0.4) is 0 Å². The highest BCUT2D eigenvalue weighted by Crippen LogP contribution is 2.18. The molecule has 116 valence electrons. The topological polar surface area (TPSA) is 70.2 Å². The molecule has 0 unspecified atom stereocenters. The molecule has 0 saturated heterocycles. The van der Waals surface area contributed by atoms with Crippen LogP contribution >= 0.6 is 0 Å². The van der Waals surface area contributed by atoms with Gasteiger partial charge in [-0.2, -0.15) is 0 Å². The Bertz CT molecular complexity index is 483. The average molecular weight is 291 g/mol. The number of aromatic nitrogens is 2. The van der Waals surface area contributed by atoms with Crippen molar-refractivity contribution in [2.24, 2.45) is 0 Å². The van der Waals surface area contributed by atoms with E-state index >= 15 is 0 Å². The molecule has 2 N–H and O–H groups in total. The van der Waals surface area contributed by atoms with Gasteiger partial charge in [0.1, 0.15) is 17.3 Å². The van der Waals surface area contributed by atoms with E-state index in [1.807, 2.05) is 21.0 Å². The van der Waals surface area contributed by atoms with Crippen LogP contribution in [0, 0.1) is 6.92 Å². The van der Waals surface area contributed by atoms with Crippen LogP contribution in [0.5, 0.6) is 0 Å². The lowest BCUT2D eigenvalue weighted by atomic mass is 10.2. The van der Waals surface area contributed by atoms with Gasteiger partial charge in [0.2, 0.25) is 0 Å². The van der Waals surface area contributed by atoms with Crippen LogP contribution in [0.25, 0.3) is 0 Å². The van der Waals surface area contributed by atoms with E-state index in [0.717, 1.165) is 25.9 Å². The van der Waals surface area contributed by atoms with Gasteiger partial charge in [-0.15, -0.1) is 0 Å². The lowest BCUT2D eigenvalue weighted by Crippen LogP contribution is -2.33. The molecule has 1 heterocycles. The van der Waals surface area contributed by atoms with Crippen molar-refractivity contribution in [1.82, 2.24) is 20.2 Å². The fraction of sp³-hybridized carbons (Fsp3) is 0.667. The second-order valence-electron chi connectivity index (χ2n) is 5.87. The summed E-state index contributed by atoms with van der Waals surface area (Å²) in [5.74, 6) is 1.23. The number of likely N-dealkylation sites (N-methyl/N-ethyl adjacent to an activating group) is 1. The minimum Gasteiger partial charge on any atom is -0.369 e. The van der Waals surface area contributed by atoms with Crippen molar-refractivity contribution in [2.75, 3.05) is 32.5 Å². The zero-order valence-corrected chi connectivity index (χ0v) is 13.1. The summed E-state index contributed by atoms with van der Waals surface area (Å²) in [6, 6.07) is 2.03. The molecule has 1 aliphatic rings. The van der Waals surface area contributed by atoms with Crippen LogP contribution in [0.4, 0.5) is 5.82 Å². The van der Waals surface area contributed by atoms with Crippen molar-refractivity contribution in [3.63, 3.8) is 0 Å². The predicted molar refractivity (Wildman–Crippen MR) is 83.5 cm³/mol. The molecule has 0 aromatic carbocycles. The van der Waals surface area contributed by atoms with Gasteiger partial charge in [0.05, 0.1) is 0 Å². The number of amides is 1. The van der Waals surface area contributed by atoms with Crippen molar-refractivity contribution in [3.05, 3.63) is 17.6 Å². The average Bonchev–Trinajstić information content (AvgIpc) is 2.90. The maximum Gasteiger partial charge on any atom is 0.270 e. The number of hydrogen-bond acceptors (Lipinski definition) is 5. The van der Waals surface area contributed by atoms with E-state index in [2.05, 4.69) is 25.5 Å². The molecule has 1 aliphatic carbocycles. The molecule has 1 saturated carbocycles. The highest BCUT2D eigenvalue weighted by molar-refractivity contribution is 5.93. The molecule has 6 nitrogen and oxygen atoms in total. The Morgan fingerprint density at radius 2 is 2.05 bits per heavy atom. The fourth-order valence-electron chi connectivity index (χ4n) is 2.51. The number of nitrogens with zero attached hydrogens (tertiary/aromatic N) is 3. The van der Waals surface area contributed by atoms with E-state index in [9.17, 15) is 4.79 Å². The first-order valence-corrected chi connectivity index (χ1v) is 7.60. The van der Waals surface area contributed by atoms with Crippen LogP contribution < -0.4 is 10.6 Å². The summed E-state index contributed by atoms with van der Waals surface area (Å²) in [7, 11) is 4.04. The van der Waals surface area contributed by atoms with Gasteiger partial charge < -0.3 is 15.5 Å². The normalized spacial score (nSPS) is 15.4. The number of rotatable bonds is 6. The molecule has 0 atom stereocenters. The van der Waals surface area contributed by atoms with E-state index in [-0.39, 0.29) is 5.91 Å². The van der Waals surface area contributed by atoms with Gasteiger partial charge >= 0.3 is 0 Å². The van der Waals surface area contributed by atoms with Gasteiger partial charge in [-0.05, 0) is 33.9 Å². The maximum absolute atomic E-state index is 12.2. The van der Waals surface area contributed by atoms with E-state index in [0.29, 0.717) is 23.4 Å². The summed E-state index contributed by atoms with van der Waals surface area (Å²) in [5, 5.41) is 6.29. The Hall–Kier alpha value is -1.69. The highest BCUT2D eigenvalue weighted by Gasteiger charge is 2.19. The zero-order chi connectivity index (χ0) is 15.2. The summed E-state index contributed by atoms with van der Waals surface area (Å²) in [6.45, 7) is 3.50. The molecule has 0 radical (unpaired) electrons. The Balaban J connectivity index is 1.98. The molecule has 0 aliphatic heterocycles. The minimum atomic E-state index is -0.0944. The van der Waals surface area contributed by atoms with Gasteiger partial charge in [-0.1, -0.05) is 12.8 Å². The van der Waals surface area contributed by atoms with Gasteiger partial charge in [-0.3, -0.25) is 4.79 Å². The maximum atomic E-state index is 12.2. The molecule has 1 fully saturated rings. The van der Waals surface area contributed by atoms with Crippen molar-refractivity contribution < 1.29 is 4.79 Å². The summed E-state index contributed by atoms with van der Waals surface area (Å²) >= 11 is 0. The molecule has 0 bridgehead atoms. The number of carbonyl (C=O) groups excluding carboxylic acids is 1. The first-order chi connectivity index (χ1) is 10.0. The van der Waals surface area contributed by atoms with Crippen LogP contribution in [-0.4, -0.2) is 54.0 Å². The number of nitrogens with one attached hydrogen (secondary N) is 2. The highest BCUT2D eigenvalue weighted by atomic mass is 16.1. The quantitative estimate of drug-likeness (QED) is 0.830. The number of hydrogen-bond donors (Lipinski definition) is 2. The van der Waals surface area contributed by atoms with Crippen molar-refractivity contribution in [2.45, 2.75) is 38.6 Å². The third kappa shape index (κ3) is 4.97. The second-order valence-corrected chi connectivity index (χ2v) is 5.87. The van der Waals surface area contributed by atoms with E-state index in [4.69, 9.17) is 0 Å². The van der Waals surface area contributed by atoms with E-state index in [1.165, 1.54) is 12.8 Å². The van der Waals surface area contributed by atoms with Crippen LogP contribution in [0.1, 0.15) is 42.0 Å². The van der Waals surface area contributed by atoms with Crippen molar-refractivity contribution >= 4 is 11.7 Å². The number of anilines is 1. The third-order valence-corrected chi connectivity index (χ3v) is 3.63. The SMILES string of the molecule is Cc1nc(NCCN(C)C)cc(C(=O)NC2CCCC2)n1. The van der Waals surface area contributed by atoms with Crippen LogP contribution in [0.2, 0.25) is 0 Å². The Morgan fingerprint density at radius 3 is 2.71 bits per heavy atom. The summed E-state index contributed by atoms with van der Waals surface area (Å²) in [6.07, 6.45) is 4.55. The van der Waals surface area contributed by atoms with Gasteiger partial charge in [-0.25, -0.2) is 9.97 Å². The van der Waals surface area contributed by atoms with Gasteiger partial charge in [0.25, 0.3) is 5.91 Å². The summed E-state index contributed by atoms with van der Waals surface area (Å²) in [4.78, 5) is 22.9. The first kappa shape index (κ1) is 15.7. The Kier molecular flexibility index (Phi) is 5.50. The first-order valence-electron chi connectivity index (χ1n) is 7.60. The molecule has 0 spiro atoms. The molecule has 6 heteroatoms. The molecule has 21 heavy (non-hydrogen) atoms. The van der Waals surface area contributed by atoms with Crippen LogP contribution in [0.15, 0.2) is 6.07 Å². The number of carbonyl (C=O) groups is 1. The minimum absolute atomic E-state index is 0.0944. The molecular weight excluding hydrogens is 266 g/mol. The molecule has 1 amide bonds. The molecule has 1 aromatic rings. The predicted octanol–water partition coefficient (Wildman–Crippen LogP) is 1.43. The molecule has 1 aromatic heterocycles. The van der Waals surface area contributed by atoms with Crippen LogP contribution in [-0.2, 0) is 0 Å². The van der Waals surface area contributed by atoms with Gasteiger partial charge in [0.15, 0.2) is 0 Å². The Labute approximate surface area is 126 Å². The lowest BCUT2D eigenvalue weighted by molar-refractivity contribution is 0.0932. The smallest absolute Gasteiger partial charge is 0.270 e.